The van der Waals surface area contributed by atoms with Crippen LogP contribution in [0.15, 0.2) is 29.2 Å². The van der Waals surface area contributed by atoms with Crippen LogP contribution in [-0.2, 0) is 9.53 Å². The first-order valence-electron chi connectivity index (χ1n) is 4.30. The summed E-state index contributed by atoms with van der Waals surface area (Å²) in [5.74, 6) is 0.320. The van der Waals surface area contributed by atoms with Gasteiger partial charge in [-0.2, -0.15) is 0 Å². The van der Waals surface area contributed by atoms with E-state index in [9.17, 15) is 4.79 Å². The van der Waals surface area contributed by atoms with E-state index in [1.807, 2.05) is 24.3 Å². The molecule has 0 aliphatic rings. The van der Waals surface area contributed by atoms with Crippen LogP contribution in [0, 0.1) is 0 Å². The van der Waals surface area contributed by atoms with Crippen molar-refractivity contribution in [2.45, 2.75) is 0 Å². The molecule has 0 aliphatic heterocycles. The molecule has 80 valence electrons. The zero-order valence-corrected chi connectivity index (χ0v) is 9.45. The monoisotopic (exact) mass is 224 g/mol. The average Bonchev–Trinajstić information content (AvgIpc) is 2.29. The summed E-state index contributed by atoms with van der Waals surface area (Å²) in [6.07, 6.45) is 1.63. The third-order valence-corrected chi connectivity index (χ3v) is 2.13. The number of esters is 1. The van der Waals surface area contributed by atoms with Crippen molar-refractivity contribution in [1.29, 1.82) is 0 Å². The molecule has 0 fully saturated rings. The summed E-state index contributed by atoms with van der Waals surface area (Å²) < 4.78 is 9.53. The van der Waals surface area contributed by atoms with Crippen molar-refractivity contribution in [1.82, 2.24) is 0 Å². The van der Waals surface area contributed by atoms with E-state index in [0.717, 1.165) is 11.3 Å². The van der Waals surface area contributed by atoms with E-state index in [2.05, 4.69) is 17.4 Å². The highest BCUT2D eigenvalue weighted by atomic mass is 32.1. The van der Waals surface area contributed by atoms with Gasteiger partial charge in [0.1, 0.15) is 5.75 Å². The van der Waals surface area contributed by atoms with Gasteiger partial charge in [-0.1, -0.05) is 12.1 Å². The Bertz CT molecular complexity index is 368. The lowest BCUT2D eigenvalue weighted by atomic mass is 10.2. The molecule has 0 radical (unpaired) electrons. The van der Waals surface area contributed by atoms with Crippen molar-refractivity contribution in [3.63, 3.8) is 0 Å². The topological polar surface area (TPSA) is 35.5 Å². The van der Waals surface area contributed by atoms with Gasteiger partial charge in [-0.25, -0.2) is 4.79 Å². The summed E-state index contributed by atoms with van der Waals surface area (Å²) in [4.78, 5) is 11.3. The van der Waals surface area contributed by atoms with Gasteiger partial charge in [0.25, 0.3) is 0 Å². The maximum atomic E-state index is 11.0. The summed E-state index contributed by atoms with van der Waals surface area (Å²) in [6.45, 7) is 0. The Morgan fingerprint density at radius 1 is 1.27 bits per heavy atom. The van der Waals surface area contributed by atoms with Crippen molar-refractivity contribution in [3.05, 3.63) is 34.7 Å². The van der Waals surface area contributed by atoms with E-state index in [4.69, 9.17) is 4.74 Å². The molecule has 0 saturated heterocycles. The maximum Gasteiger partial charge on any atom is 0.344 e. The fraction of sp³-hybridized carbons (Fsp3) is 0.182. The van der Waals surface area contributed by atoms with Crippen LogP contribution in [0.3, 0.4) is 0 Å². The summed E-state index contributed by atoms with van der Waals surface area (Å²) in [5.41, 5.74) is 0.867. The molecule has 0 amide bonds. The normalized spacial score (nSPS) is 11.0. The summed E-state index contributed by atoms with van der Waals surface area (Å²) in [7, 11) is 2.92. The minimum Gasteiger partial charge on any atom is -0.497 e. The van der Waals surface area contributed by atoms with E-state index >= 15 is 0 Å². The van der Waals surface area contributed by atoms with E-state index in [1.54, 1.807) is 13.2 Å². The Morgan fingerprint density at radius 3 is 2.33 bits per heavy atom. The maximum absolute atomic E-state index is 11.0. The number of rotatable bonds is 3. The van der Waals surface area contributed by atoms with Gasteiger partial charge in [-0.3, -0.25) is 0 Å². The number of thiol groups is 1. The Balaban J connectivity index is 2.84. The molecule has 0 heterocycles. The van der Waals surface area contributed by atoms with Crippen molar-refractivity contribution in [2.24, 2.45) is 0 Å². The van der Waals surface area contributed by atoms with E-state index < -0.39 is 5.97 Å². The van der Waals surface area contributed by atoms with Crippen molar-refractivity contribution in [3.8, 4) is 5.75 Å². The number of benzene rings is 1. The number of hydrogen-bond donors (Lipinski definition) is 1. The zero-order chi connectivity index (χ0) is 11.3. The van der Waals surface area contributed by atoms with Gasteiger partial charge in [0.15, 0.2) is 0 Å². The highest BCUT2D eigenvalue weighted by molar-refractivity contribution is 7.85. The summed E-state index contributed by atoms with van der Waals surface area (Å²) >= 11 is 4.02. The number of carbonyl (C=O) groups is 1. The van der Waals surface area contributed by atoms with Gasteiger partial charge in [-0.05, 0) is 23.8 Å². The fourth-order valence-corrected chi connectivity index (χ4v) is 1.26. The Hall–Kier alpha value is -1.42. The Morgan fingerprint density at radius 2 is 1.87 bits per heavy atom. The lowest BCUT2D eigenvalue weighted by Crippen LogP contribution is -1.99. The first-order chi connectivity index (χ1) is 7.17. The molecular weight excluding hydrogens is 212 g/mol. The van der Waals surface area contributed by atoms with Gasteiger partial charge >= 0.3 is 5.97 Å². The number of hydrogen-bond acceptors (Lipinski definition) is 4. The van der Waals surface area contributed by atoms with Gasteiger partial charge in [0, 0.05) is 0 Å². The molecule has 1 rings (SSSR count). The van der Waals surface area contributed by atoms with Crippen LogP contribution in [0.25, 0.3) is 6.08 Å². The number of ether oxygens (including phenoxy) is 2. The molecule has 0 aliphatic carbocycles. The van der Waals surface area contributed by atoms with Crippen molar-refractivity contribution < 1.29 is 14.3 Å². The van der Waals surface area contributed by atoms with Crippen LogP contribution in [0.5, 0.6) is 5.75 Å². The molecule has 3 nitrogen and oxygen atoms in total. The molecule has 0 atom stereocenters. The third-order valence-electron chi connectivity index (χ3n) is 1.81. The second kappa shape index (κ2) is 5.46. The Labute approximate surface area is 94.1 Å². The quantitative estimate of drug-likeness (QED) is 0.485. The highest BCUT2D eigenvalue weighted by Crippen LogP contribution is 2.15. The molecule has 4 heteroatoms. The van der Waals surface area contributed by atoms with Crippen LogP contribution in [0.1, 0.15) is 5.56 Å². The van der Waals surface area contributed by atoms with Gasteiger partial charge in [0.05, 0.1) is 19.1 Å². The molecule has 0 spiro atoms. The SMILES string of the molecule is COC(=O)/C(S)=C\c1ccc(OC)cc1. The molecule has 1 aromatic carbocycles. The molecule has 15 heavy (non-hydrogen) atoms. The van der Waals surface area contributed by atoms with Gasteiger partial charge in [0.2, 0.25) is 0 Å². The lowest BCUT2D eigenvalue weighted by molar-refractivity contribution is -0.135. The summed E-state index contributed by atoms with van der Waals surface area (Å²) in [6, 6.07) is 7.28. The predicted molar refractivity (Wildman–Crippen MR) is 62.0 cm³/mol. The number of carbonyl (C=O) groups excluding carboxylic acids is 1. The second-order valence-corrected chi connectivity index (χ2v) is 3.28. The highest BCUT2D eigenvalue weighted by Gasteiger charge is 2.03. The minimum atomic E-state index is -0.450. The standard InChI is InChI=1S/C11H12O3S/c1-13-9-5-3-8(4-6-9)7-10(15)11(12)14-2/h3-7,15H,1-2H3/b10-7+. The van der Waals surface area contributed by atoms with Crippen LogP contribution in [-0.4, -0.2) is 20.2 Å². The molecule has 0 N–H and O–H groups in total. The predicted octanol–water partition coefficient (Wildman–Crippen LogP) is 2.14. The summed E-state index contributed by atoms with van der Waals surface area (Å²) in [5, 5.41) is 0. The van der Waals surface area contributed by atoms with Crippen molar-refractivity contribution >= 4 is 24.7 Å². The molecule has 0 saturated carbocycles. The van der Waals surface area contributed by atoms with E-state index in [1.165, 1.54) is 7.11 Å². The third kappa shape index (κ3) is 3.32. The minimum absolute atomic E-state index is 0.266. The van der Waals surface area contributed by atoms with Gasteiger partial charge < -0.3 is 9.47 Å². The van der Waals surface area contributed by atoms with Crippen LogP contribution >= 0.6 is 12.6 Å². The fourth-order valence-electron chi connectivity index (χ4n) is 1.02. The molecule has 0 aromatic heterocycles. The average molecular weight is 224 g/mol. The van der Waals surface area contributed by atoms with Crippen LogP contribution < -0.4 is 4.74 Å². The number of methoxy groups -OCH3 is 2. The van der Waals surface area contributed by atoms with E-state index in [0.29, 0.717) is 0 Å². The smallest absolute Gasteiger partial charge is 0.344 e. The molecule has 0 unspecified atom stereocenters. The van der Waals surface area contributed by atoms with E-state index in [-0.39, 0.29) is 4.91 Å². The molecule has 1 aromatic rings. The molecular formula is C11H12O3S. The lowest BCUT2D eigenvalue weighted by Gasteiger charge is -2.00. The zero-order valence-electron chi connectivity index (χ0n) is 8.56. The Kier molecular flexibility index (Phi) is 4.24. The first-order valence-corrected chi connectivity index (χ1v) is 4.75. The first kappa shape index (κ1) is 11.7. The van der Waals surface area contributed by atoms with Gasteiger partial charge in [-0.15, -0.1) is 12.6 Å². The second-order valence-electron chi connectivity index (χ2n) is 2.79. The van der Waals surface area contributed by atoms with Crippen molar-refractivity contribution in [2.75, 3.05) is 14.2 Å². The largest absolute Gasteiger partial charge is 0.497 e. The van der Waals surface area contributed by atoms with Crippen LogP contribution in [0.4, 0.5) is 0 Å². The molecule has 0 bridgehead atoms. The van der Waals surface area contributed by atoms with Crippen LogP contribution in [0.2, 0.25) is 0 Å².